The van der Waals surface area contributed by atoms with E-state index in [-0.39, 0.29) is 0 Å². The number of aromatic nitrogens is 1. The molecular formula is C10H17N3S. The zero-order valence-corrected chi connectivity index (χ0v) is 9.39. The molecule has 4 heteroatoms. The number of rotatable bonds is 2. The average Bonchev–Trinajstić information content (AvgIpc) is 2.66. The van der Waals surface area contributed by atoms with Crippen LogP contribution in [0.15, 0.2) is 5.38 Å². The Morgan fingerprint density at radius 3 is 3.21 bits per heavy atom. The van der Waals surface area contributed by atoms with Gasteiger partial charge in [-0.15, -0.1) is 11.3 Å². The minimum Gasteiger partial charge on any atom is -0.325 e. The van der Waals surface area contributed by atoms with E-state index in [0.717, 1.165) is 11.6 Å². The summed E-state index contributed by atoms with van der Waals surface area (Å²) in [5.41, 5.74) is 6.81. The molecule has 2 rings (SSSR count). The Hall–Kier alpha value is -0.450. The Morgan fingerprint density at radius 1 is 1.71 bits per heavy atom. The highest BCUT2D eigenvalue weighted by molar-refractivity contribution is 7.09. The highest BCUT2D eigenvalue weighted by atomic mass is 32.1. The summed E-state index contributed by atoms with van der Waals surface area (Å²) in [6.45, 7) is 2.95. The second-order valence-corrected chi connectivity index (χ2v) is 4.91. The summed E-state index contributed by atoms with van der Waals surface area (Å²) in [7, 11) is 2.18. The van der Waals surface area contributed by atoms with Gasteiger partial charge in [-0.3, -0.25) is 0 Å². The van der Waals surface area contributed by atoms with Crippen molar-refractivity contribution in [3.05, 3.63) is 16.1 Å². The van der Waals surface area contributed by atoms with Gasteiger partial charge in [-0.05, 0) is 26.4 Å². The van der Waals surface area contributed by atoms with E-state index in [1.165, 1.54) is 25.1 Å². The third kappa shape index (κ3) is 2.13. The van der Waals surface area contributed by atoms with Crippen molar-refractivity contribution < 1.29 is 0 Å². The maximum Gasteiger partial charge on any atom is 0.106 e. The summed E-state index contributed by atoms with van der Waals surface area (Å²) in [5.74, 6) is 0.630. The molecule has 14 heavy (non-hydrogen) atoms. The summed E-state index contributed by atoms with van der Waals surface area (Å²) < 4.78 is 0. The number of hydrogen-bond donors (Lipinski definition) is 1. The third-order valence-corrected chi connectivity index (χ3v) is 3.68. The van der Waals surface area contributed by atoms with Crippen molar-refractivity contribution in [2.75, 3.05) is 20.1 Å². The van der Waals surface area contributed by atoms with Crippen LogP contribution < -0.4 is 5.73 Å². The second-order valence-electron chi connectivity index (χ2n) is 3.97. The average molecular weight is 211 g/mol. The Labute approximate surface area is 88.9 Å². The summed E-state index contributed by atoms with van der Waals surface area (Å²) in [6.07, 6.45) is 2.56. The van der Waals surface area contributed by atoms with Crippen LogP contribution in [-0.4, -0.2) is 30.0 Å². The van der Waals surface area contributed by atoms with Crippen LogP contribution in [0, 0.1) is 0 Å². The van der Waals surface area contributed by atoms with Crippen molar-refractivity contribution in [3.63, 3.8) is 0 Å². The summed E-state index contributed by atoms with van der Waals surface area (Å²) in [5, 5.41) is 3.24. The van der Waals surface area contributed by atoms with Gasteiger partial charge in [-0.1, -0.05) is 0 Å². The predicted octanol–water partition coefficient (Wildman–Crippen LogP) is 1.41. The molecule has 0 spiro atoms. The molecule has 2 N–H and O–H groups in total. The van der Waals surface area contributed by atoms with Gasteiger partial charge in [0.2, 0.25) is 0 Å². The van der Waals surface area contributed by atoms with E-state index < -0.39 is 0 Å². The fourth-order valence-corrected chi connectivity index (χ4v) is 2.77. The van der Waals surface area contributed by atoms with Crippen molar-refractivity contribution in [1.82, 2.24) is 9.88 Å². The first-order valence-electron chi connectivity index (χ1n) is 5.12. The van der Waals surface area contributed by atoms with E-state index in [2.05, 4.69) is 22.3 Å². The minimum atomic E-state index is 0.577. The molecule has 1 fully saturated rings. The smallest absolute Gasteiger partial charge is 0.106 e. The van der Waals surface area contributed by atoms with Crippen LogP contribution in [0.1, 0.15) is 29.5 Å². The Kier molecular flexibility index (Phi) is 3.15. The van der Waals surface area contributed by atoms with Gasteiger partial charge in [0.1, 0.15) is 5.01 Å². The fraction of sp³-hybridized carbons (Fsp3) is 0.700. The van der Waals surface area contributed by atoms with Crippen molar-refractivity contribution in [1.29, 1.82) is 0 Å². The molecule has 0 aliphatic carbocycles. The van der Waals surface area contributed by atoms with Gasteiger partial charge in [0, 0.05) is 24.4 Å². The van der Waals surface area contributed by atoms with Crippen molar-refractivity contribution in [3.8, 4) is 0 Å². The maximum absolute atomic E-state index is 5.56. The molecule has 0 saturated carbocycles. The molecule has 1 atom stereocenters. The van der Waals surface area contributed by atoms with Gasteiger partial charge in [0.25, 0.3) is 0 Å². The zero-order chi connectivity index (χ0) is 9.97. The Balaban J connectivity index is 2.06. The maximum atomic E-state index is 5.56. The van der Waals surface area contributed by atoms with E-state index in [1.54, 1.807) is 11.3 Å². The van der Waals surface area contributed by atoms with Crippen LogP contribution in [0.3, 0.4) is 0 Å². The van der Waals surface area contributed by atoms with Gasteiger partial charge >= 0.3 is 0 Å². The first kappa shape index (κ1) is 10.1. The quantitative estimate of drug-likeness (QED) is 0.804. The van der Waals surface area contributed by atoms with Crippen LogP contribution >= 0.6 is 11.3 Å². The number of thiazole rings is 1. The monoisotopic (exact) mass is 211 g/mol. The molecule has 1 aliphatic heterocycles. The molecule has 1 aromatic heterocycles. The molecule has 3 nitrogen and oxygen atoms in total. The van der Waals surface area contributed by atoms with Gasteiger partial charge < -0.3 is 10.6 Å². The minimum absolute atomic E-state index is 0.577. The summed E-state index contributed by atoms with van der Waals surface area (Å²) >= 11 is 1.69. The predicted molar refractivity (Wildman–Crippen MR) is 59.5 cm³/mol. The first-order valence-corrected chi connectivity index (χ1v) is 6.00. The topological polar surface area (TPSA) is 42.1 Å². The van der Waals surface area contributed by atoms with E-state index in [9.17, 15) is 0 Å². The normalized spacial score (nSPS) is 24.0. The SMILES string of the molecule is CN1CCCC(c2csc(CN)n2)C1. The van der Waals surface area contributed by atoms with E-state index in [0.29, 0.717) is 12.5 Å². The standard InChI is InChI=1S/C10H17N3S/c1-13-4-2-3-8(6-13)9-7-14-10(5-11)12-9/h7-8H,2-6,11H2,1H3. The molecule has 0 aromatic carbocycles. The Morgan fingerprint density at radius 2 is 2.57 bits per heavy atom. The third-order valence-electron chi connectivity index (χ3n) is 2.79. The molecule has 1 aromatic rings. The highest BCUT2D eigenvalue weighted by Gasteiger charge is 2.20. The molecule has 78 valence electrons. The lowest BCUT2D eigenvalue weighted by Crippen LogP contribution is -2.30. The van der Waals surface area contributed by atoms with E-state index >= 15 is 0 Å². The van der Waals surface area contributed by atoms with E-state index in [4.69, 9.17) is 5.73 Å². The zero-order valence-electron chi connectivity index (χ0n) is 8.57. The lowest BCUT2D eigenvalue weighted by atomic mass is 9.96. The van der Waals surface area contributed by atoms with Crippen LogP contribution in [0.5, 0.6) is 0 Å². The first-order chi connectivity index (χ1) is 6.79. The van der Waals surface area contributed by atoms with Gasteiger partial charge in [-0.2, -0.15) is 0 Å². The molecular weight excluding hydrogens is 194 g/mol. The Bertz CT molecular complexity index is 297. The van der Waals surface area contributed by atoms with Gasteiger partial charge in [-0.25, -0.2) is 4.98 Å². The molecule has 1 aliphatic rings. The molecule has 0 amide bonds. The summed E-state index contributed by atoms with van der Waals surface area (Å²) in [4.78, 5) is 6.94. The number of hydrogen-bond acceptors (Lipinski definition) is 4. The van der Waals surface area contributed by atoms with Crippen LogP contribution in [0.2, 0.25) is 0 Å². The van der Waals surface area contributed by atoms with Crippen molar-refractivity contribution in [2.45, 2.75) is 25.3 Å². The van der Waals surface area contributed by atoms with Gasteiger partial charge in [0.05, 0.1) is 5.69 Å². The number of nitrogens with two attached hydrogens (primary N) is 1. The summed E-state index contributed by atoms with van der Waals surface area (Å²) in [6, 6.07) is 0. The fourth-order valence-electron chi connectivity index (χ4n) is 2.01. The number of nitrogens with zero attached hydrogens (tertiary/aromatic N) is 2. The lowest BCUT2D eigenvalue weighted by Gasteiger charge is -2.28. The number of likely N-dealkylation sites (tertiary alicyclic amines) is 1. The highest BCUT2D eigenvalue weighted by Crippen LogP contribution is 2.26. The van der Waals surface area contributed by atoms with Gasteiger partial charge in [0.15, 0.2) is 0 Å². The van der Waals surface area contributed by atoms with Crippen LogP contribution in [-0.2, 0) is 6.54 Å². The van der Waals surface area contributed by atoms with Crippen molar-refractivity contribution in [2.24, 2.45) is 5.73 Å². The second kappa shape index (κ2) is 4.38. The van der Waals surface area contributed by atoms with E-state index in [1.807, 2.05) is 0 Å². The molecule has 0 bridgehead atoms. The molecule has 0 radical (unpaired) electrons. The van der Waals surface area contributed by atoms with Crippen molar-refractivity contribution >= 4 is 11.3 Å². The van der Waals surface area contributed by atoms with Crippen LogP contribution in [0.25, 0.3) is 0 Å². The molecule has 2 heterocycles. The number of likely N-dealkylation sites (N-methyl/N-ethyl adjacent to an activating group) is 1. The largest absolute Gasteiger partial charge is 0.325 e. The molecule has 1 unspecified atom stereocenters. The number of piperidine rings is 1. The lowest BCUT2D eigenvalue weighted by molar-refractivity contribution is 0.249. The molecule has 1 saturated heterocycles. The van der Waals surface area contributed by atoms with Crippen LogP contribution in [0.4, 0.5) is 0 Å².